The molecule has 0 atom stereocenters. The topological polar surface area (TPSA) is 69.1 Å². The third kappa shape index (κ3) is 1.53. The molecule has 1 aromatic carbocycles. The number of amides is 1. The van der Waals surface area contributed by atoms with E-state index in [1.54, 1.807) is 0 Å². The van der Waals surface area contributed by atoms with Gasteiger partial charge in [0.15, 0.2) is 0 Å². The first-order chi connectivity index (χ1) is 5.65. The van der Waals surface area contributed by atoms with Crippen LogP contribution in [-0.2, 0) is 6.67 Å². The second-order valence-electron chi connectivity index (χ2n) is 2.42. The maximum Gasteiger partial charge on any atom is 0.250 e. The molecule has 0 saturated carbocycles. The summed E-state index contributed by atoms with van der Waals surface area (Å²) in [5, 5.41) is 0. The van der Waals surface area contributed by atoms with Crippen LogP contribution < -0.4 is 11.5 Å². The van der Waals surface area contributed by atoms with Crippen LogP contribution in [-0.4, -0.2) is 5.91 Å². The van der Waals surface area contributed by atoms with Crippen molar-refractivity contribution in [2.45, 2.75) is 6.67 Å². The van der Waals surface area contributed by atoms with E-state index in [2.05, 4.69) is 0 Å². The smallest absolute Gasteiger partial charge is 0.250 e. The molecular formula is C8H9FN2O. The van der Waals surface area contributed by atoms with Gasteiger partial charge in [-0.05, 0) is 17.7 Å². The maximum atomic E-state index is 12.1. The van der Waals surface area contributed by atoms with Gasteiger partial charge in [-0.15, -0.1) is 0 Å². The number of halogens is 1. The Morgan fingerprint density at radius 2 is 2.17 bits per heavy atom. The lowest BCUT2D eigenvalue weighted by Gasteiger charge is -2.02. The molecule has 0 fully saturated rings. The molecule has 1 amide bonds. The number of hydrogen-bond acceptors (Lipinski definition) is 2. The van der Waals surface area contributed by atoms with Gasteiger partial charge < -0.3 is 11.5 Å². The van der Waals surface area contributed by atoms with Crippen molar-refractivity contribution in [3.05, 3.63) is 29.3 Å². The van der Waals surface area contributed by atoms with Gasteiger partial charge in [-0.2, -0.15) is 0 Å². The normalized spacial score (nSPS) is 9.75. The Labute approximate surface area is 69.2 Å². The second kappa shape index (κ2) is 3.21. The zero-order valence-electron chi connectivity index (χ0n) is 6.38. The Morgan fingerprint density at radius 3 is 2.58 bits per heavy atom. The molecule has 0 aliphatic heterocycles. The maximum absolute atomic E-state index is 12.1. The minimum atomic E-state index is -0.599. The second-order valence-corrected chi connectivity index (χ2v) is 2.42. The molecule has 0 bridgehead atoms. The first kappa shape index (κ1) is 8.52. The van der Waals surface area contributed by atoms with E-state index in [0.29, 0.717) is 5.56 Å². The summed E-state index contributed by atoms with van der Waals surface area (Å²) in [5.74, 6) is -0.599. The van der Waals surface area contributed by atoms with E-state index < -0.39 is 12.6 Å². The molecule has 0 heterocycles. The van der Waals surface area contributed by atoms with Crippen molar-refractivity contribution in [3.8, 4) is 0 Å². The lowest BCUT2D eigenvalue weighted by Crippen LogP contribution is -2.13. The fourth-order valence-electron chi connectivity index (χ4n) is 0.920. The summed E-state index contributed by atoms with van der Waals surface area (Å²) in [6.07, 6.45) is 0. The molecule has 0 saturated heterocycles. The Kier molecular flexibility index (Phi) is 2.28. The number of rotatable bonds is 2. The van der Waals surface area contributed by atoms with Gasteiger partial charge in [-0.25, -0.2) is 4.39 Å². The van der Waals surface area contributed by atoms with E-state index in [0.717, 1.165) is 0 Å². The lowest BCUT2D eigenvalue weighted by atomic mass is 10.1. The lowest BCUT2D eigenvalue weighted by molar-refractivity contribution is 0.100. The Morgan fingerprint density at radius 1 is 1.50 bits per heavy atom. The summed E-state index contributed by atoms with van der Waals surface area (Å²) in [7, 11) is 0. The molecule has 1 aromatic rings. The Hall–Kier alpha value is -1.58. The molecule has 0 aliphatic rings. The SMILES string of the molecule is NC(=O)c1ccc(CF)cc1N. The van der Waals surface area contributed by atoms with Gasteiger partial charge in [0.05, 0.1) is 5.56 Å². The van der Waals surface area contributed by atoms with Crippen LogP contribution in [0.5, 0.6) is 0 Å². The molecule has 0 unspecified atom stereocenters. The monoisotopic (exact) mass is 168 g/mol. The van der Waals surface area contributed by atoms with Crippen LogP contribution in [0.1, 0.15) is 15.9 Å². The fraction of sp³-hybridized carbons (Fsp3) is 0.125. The zero-order valence-corrected chi connectivity index (χ0v) is 6.38. The van der Waals surface area contributed by atoms with Crippen molar-refractivity contribution in [2.24, 2.45) is 5.73 Å². The molecule has 0 aromatic heterocycles. The van der Waals surface area contributed by atoms with E-state index in [9.17, 15) is 9.18 Å². The van der Waals surface area contributed by atoms with Gasteiger partial charge in [0.1, 0.15) is 6.67 Å². The highest BCUT2D eigenvalue weighted by atomic mass is 19.1. The van der Waals surface area contributed by atoms with Crippen molar-refractivity contribution in [1.29, 1.82) is 0 Å². The Balaban J connectivity index is 3.12. The van der Waals surface area contributed by atoms with Crippen molar-refractivity contribution in [1.82, 2.24) is 0 Å². The first-order valence-corrected chi connectivity index (χ1v) is 3.39. The number of nitrogens with two attached hydrogens (primary N) is 2. The molecule has 0 spiro atoms. The first-order valence-electron chi connectivity index (χ1n) is 3.39. The highest BCUT2D eigenvalue weighted by Gasteiger charge is 2.05. The van der Waals surface area contributed by atoms with Crippen molar-refractivity contribution in [2.75, 3.05) is 5.73 Å². The number of carbonyl (C=O) groups is 1. The molecule has 3 nitrogen and oxygen atoms in total. The number of hydrogen-bond donors (Lipinski definition) is 2. The van der Waals surface area contributed by atoms with Gasteiger partial charge in [-0.3, -0.25) is 4.79 Å². The fourth-order valence-corrected chi connectivity index (χ4v) is 0.920. The van der Waals surface area contributed by atoms with E-state index >= 15 is 0 Å². The number of benzene rings is 1. The summed E-state index contributed by atoms with van der Waals surface area (Å²) >= 11 is 0. The number of carbonyl (C=O) groups excluding carboxylic acids is 1. The number of primary amides is 1. The van der Waals surface area contributed by atoms with Crippen molar-refractivity contribution >= 4 is 11.6 Å². The molecular weight excluding hydrogens is 159 g/mol. The predicted octanol–water partition coefficient (Wildman–Crippen LogP) is 0.837. The summed E-state index contributed by atoms with van der Waals surface area (Å²) < 4.78 is 12.1. The van der Waals surface area contributed by atoms with Crippen LogP contribution in [0.25, 0.3) is 0 Å². The van der Waals surface area contributed by atoms with Crippen molar-refractivity contribution < 1.29 is 9.18 Å². The standard InChI is InChI=1S/C8H9FN2O/c9-4-5-1-2-6(8(11)12)7(10)3-5/h1-3H,4,10H2,(H2,11,12). The molecule has 4 N–H and O–H groups in total. The summed E-state index contributed by atoms with van der Waals surface area (Å²) in [6, 6.07) is 4.31. The molecule has 12 heavy (non-hydrogen) atoms. The van der Waals surface area contributed by atoms with E-state index in [-0.39, 0.29) is 11.3 Å². The quantitative estimate of drug-likeness (QED) is 0.642. The minimum absolute atomic E-state index is 0.220. The summed E-state index contributed by atoms with van der Waals surface area (Å²) in [4.78, 5) is 10.7. The third-order valence-corrected chi connectivity index (χ3v) is 1.54. The average Bonchev–Trinajstić information content (AvgIpc) is 2.03. The number of anilines is 1. The van der Waals surface area contributed by atoms with Gasteiger partial charge in [0.25, 0.3) is 5.91 Å². The number of nitrogen functional groups attached to an aromatic ring is 1. The van der Waals surface area contributed by atoms with Gasteiger partial charge in [-0.1, -0.05) is 6.07 Å². The van der Waals surface area contributed by atoms with Crippen LogP contribution in [0.3, 0.4) is 0 Å². The molecule has 1 rings (SSSR count). The minimum Gasteiger partial charge on any atom is -0.398 e. The van der Waals surface area contributed by atoms with E-state index in [1.807, 2.05) is 0 Å². The van der Waals surface area contributed by atoms with Crippen LogP contribution >= 0.6 is 0 Å². The van der Waals surface area contributed by atoms with Crippen molar-refractivity contribution in [3.63, 3.8) is 0 Å². The summed E-state index contributed by atoms with van der Waals surface area (Å²) in [5.41, 5.74) is 11.3. The average molecular weight is 168 g/mol. The third-order valence-electron chi connectivity index (χ3n) is 1.54. The van der Waals surface area contributed by atoms with Gasteiger partial charge in [0.2, 0.25) is 0 Å². The largest absolute Gasteiger partial charge is 0.398 e. The van der Waals surface area contributed by atoms with Gasteiger partial charge >= 0.3 is 0 Å². The highest BCUT2D eigenvalue weighted by molar-refractivity contribution is 5.97. The van der Waals surface area contributed by atoms with E-state index in [1.165, 1.54) is 18.2 Å². The van der Waals surface area contributed by atoms with Crippen LogP contribution in [0.2, 0.25) is 0 Å². The molecule has 0 radical (unpaired) electrons. The van der Waals surface area contributed by atoms with Crippen LogP contribution in [0.4, 0.5) is 10.1 Å². The molecule has 64 valence electrons. The molecule has 0 aliphatic carbocycles. The summed E-state index contributed by atoms with van der Waals surface area (Å²) in [6.45, 7) is -0.594. The van der Waals surface area contributed by atoms with Crippen LogP contribution in [0.15, 0.2) is 18.2 Å². The zero-order chi connectivity index (χ0) is 9.14. The molecule has 4 heteroatoms. The number of alkyl halides is 1. The van der Waals surface area contributed by atoms with Crippen LogP contribution in [0, 0.1) is 0 Å². The van der Waals surface area contributed by atoms with Gasteiger partial charge in [0, 0.05) is 5.69 Å². The van der Waals surface area contributed by atoms with E-state index in [4.69, 9.17) is 11.5 Å². The highest BCUT2D eigenvalue weighted by Crippen LogP contribution is 2.14. The predicted molar refractivity (Wildman–Crippen MR) is 44.2 cm³/mol. The Bertz CT molecular complexity index is 312.